The molecule has 34 heteroatoms. The van der Waals surface area contributed by atoms with Crippen LogP contribution >= 0.6 is 0 Å². The molecule has 26 N–H and O–H groups in total. The number of β-amino-alcohol motifs (C(OH)–C–C–N with tert-alkyl or cyclic N) is 4. The van der Waals surface area contributed by atoms with Gasteiger partial charge < -0.3 is 133 Å². The third kappa shape index (κ3) is 22.3. The highest BCUT2D eigenvalue weighted by Crippen LogP contribution is 2.28. The maximum Gasteiger partial charge on any atom is 0.323 e. The van der Waals surface area contributed by atoms with E-state index >= 15 is 0 Å². The summed E-state index contributed by atoms with van der Waals surface area (Å²) in [4.78, 5) is 57.4. The Kier molecular flexibility index (Phi) is 34.5. The van der Waals surface area contributed by atoms with Gasteiger partial charge in [0.2, 0.25) is 0 Å². The van der Waals surface area contributed by atoms with Crippen LogP contribution < -0.4 is 0 Å². The van der Waals surface area contributed by atoms with E-state index in [0.717, 1.165) is 12.8 Å². The Hall–Kier alpha value is -3.61. The van der Waals surface area contributed by atoms with Gasteiger partial charge in [0.1, 0.15) is 67.0 Å². The molecule has 482 valence electrons. The average Bonchev–Trinajstić information content (AvgIpc) is 3.40. The molecule has 0 aromatic carbocycles. The second-order valence-corrected chi connectivity index (χ2v) is 20.9. The molecule has 0 spiro atoms. The Morgan fingerprint density at radius 1 is 0.366 bits per heavy atom. The molecule has 6 fully saturated rings. The predicted octanol–water partition coefficient (Wildman–Crippen LogP) is -11.7. The molecule has 12 unspecified atom stereocenters. The fraction of sp³-hybridized carbons (Fsp3) is 0.896. The first kappa shape index (κ1) is 76.4. The van der Waals surface area contributed by atoms with Crippen LogP contribution in [0.1, 0.15) is 64.7 Å². The second-order valence-electron chi connectivity index (χ2n) is 20.9. The maximum absolute atomic E-state index is 11.0. The lowest BCUT2D eigenvalue weighted by molar-refractivity contribution is -0.171. The van der Waals surface area contributed by atoms with Crippen molar-refractivity contribution in [2.24, 2.45) is 17.8 Å². The second kappa shape index (κ2) is 37.1. The van der Waals surface area contributed by atoms with Crippen LogP contribution in [0, 0.1) is 17.8 Å². The largest absolute Gasteiger partial charge is 0.481 e. The number of unbranched alkanes of at least 4 members (excludes halogenated alkanes) is 1. The van der Waals surface area contributed by atoms with Crippen molar-refractivity contribution in [1.29, 1.82) is 0 Å². The number of hydrogen-bond donors (Lipinski definition) is 26. The topological polar surface area (TPSA) is 621 Å². The number of hydrogen-bond acceptors (Lipinski definition) is 29. The first-order valence-electron chi connectivity index (χ1n) is 26.6. The van der Waals surface area contributed by atoms with E-state index < -0.39 is 176 Å². The first-order chi connectivity index (χ1) is 38.2. The zero-order valence-electron chi connectivity index (χ0n) is 45.1. The molecular formula is C48H89N3O31. The van der Waals surface area contributed by atoms with Crippen molar-refractivity contribution in [2.75, 3.05) is 59.1 Å². The van der Waals surface area contributed by atoms with Crippen molar-refractivity contribution in [1.82, 2.24) is 14.7 Å². The average molecular weight is 1200 g/mol. The van der Waals surface area contributed by atoms with E-state index in [1.54, 1.807) is 0 Å². The number of aliphatic hydroxyl groups excluding tert-OH is 21. The zero-order valence-corrected chi connectivity index (χ0v) is 45.1. The minimum Gasteiger partial charge on any atom is -0.481 e. The van der Waals surface area contributed by atoms with Crippen molar-refractivity contribution in [3.8, 4) is 0 Å². The SMILES string of the molecule is CCCCN1CC(O)[C@@H](O)[C@H](O)C1C(=O)O.O=C(O)C1CCC(O)[C@@H](O)[C@@H]1O.O=C(O)C1CCC(O)[C@@H](O)[C@@H]1O.O=C(O)C1[C@@H](O)[C@H](O)C(O)CN1CCO.O=C(O)CCN1CC(O)[C@@H](O)[C@H](O)C1CO.OCC1CCC(O)[C@@H](O)[C@@H]1O. The van der Waals surface area contributed by atoms with Gasteiger partial charge in [-0.05, 0) is 51.5 Å². The van der Waals surface area contributed by atoms with E-state index in [1.165, 1.54) is 14.7 Å². The number of carbonyl (C=O) groups is 5. The number of nitrogens with zero attached hydrogens (tertiary/aromatic N) is 3. The minimum absolute atomic E-state index is 0.0256. The molecule has 0 radical (unpaired) electrons. The van der Waals surface area contributed by atoms with E-state index in [4.69, 9.17) is 71.5 Å². The molecule has 0 aromatic rings. The zero-order chi connectivity index (χ0) is 63.2. The molecule has 3 saturated heterocycles. The summed E-state index contributed by atoms with van der Waals surface area (Å²) < 4.78 is 0. The molecule has 3 aliphatic heterocycles. The fourth-order valence-corrected chi connectivity index (χ4v) is 9.90. The summed E-state index contributed by atoms with van der Waals surface area (Å²) in [5, 5.41) is 237. The van der Waals surface area contributed by atoms with Gasteiger partial charge in [0.05, 0.1) is 92.4 Å². The lowest BCUT2D eigenvalue weighted by atomic mass is 9.83. The van der Waals surface area contributed by atoms with Gasteiger partial charge in [-0.25, -0.2) is 0 Å². The molecule has 0 amide bonds. The molecule has 3 heterocycles. The van der Waals surface area contributed by atoms with Crippen LogP contribution in [0.5, 0.6) is 0 Å². The lowest BCUT2D eigenvalue weighted by Gasteiger charge is -2.42. The molecule has 3 aliphatic carbocycles. The van der Waals surface area contributed by atoms with E-state index in [2.05, 4.69) is 0 Å². The minimum atomic E-state index is -1.56. The van der Waals surface area contributed by atoms with Crippen LogP contribution in [0.15, 0.2) is 0 Å². The molecule has 24 atom stereocenters. The molecule has 6 aliphatic rings. The van der Waals surface area contributed by atoms with Gasteiger partial charge in [-0.2, -0.15) is 0 Å². The van der Waals surface area contributed by atoms with Crippen molar-refractivity contribution in [3.63, 3.8) is 0 Å². The van der Waals surface area contributed by atoms with E-state index in [-0.39, 0.29) is 84.0 Å². The molecule has 3 saturated carbocycles. The third-order valence-electron chi connectivity index (χ3n) is 15.1. The van der Waals surface area contributed by atoms with Gasteiger partial charge in [-0.1, -0.05) is 13.3 Å². The summed E-state index contributed by atoms with van der Waals surface area (Å²) in [6.45, 7) is 1.82. The highest BCUT2D eigenvalue weighted by atomic mass is 16.4. The van der Waals surface area contributed by atoms with Crippen LogP contribution in [0.25, 0.3) is 0 Å². The van der Waals surface area contributed by atoms with E-state index in [1.807, 2.05) is 6.92 Å². The van der Waals surface area contributed by atoms with Gasteiger partial charge >= 0.3 is 29.8 Å². The number of likely N-dealkylation sites (tertiary alicyclic amines) is 3. The van der Waals surface area contributed by atoms with E-state index in [0.29, 0.717) is 19.4 Å². The summed E-state index contributed by atoms with van der Waals surface area (Å²) in [6.07, 6.45) is -18.8. The highest BCUT2D eigenvalue weighted by Gasteiger charge is 2.47. The summed E-state index contributed by atoms with van der Waals surface area (Å²) in [5.41, 5.74) is 0. The Morgan fingerprint density at radius 2 is 0.720 bits per heavy atom. The quantitative estimate of drug-likeness (QED) is 0.0768. The third-order valence-corrected chi connectivity index (χ3v) is 15.1. The fourth-order valence-electron chi connectivity index (χ4n) is 9.90. The first-order valence-corrected chi connectivity index (χ1v) is 26.6. The van der Waals surface area contributed by atoms with Crippen LogP contribution in [-0.4, -0.2) is 364 Å². The number of carboxylic acids is 5. The van der Waals surface area contributed by atoms with Gasteiger partial charge in [0.25, 0.3) is 0 Å². The normalized spacial score (nSPS) is 39.7. The summed E-state index contributed by atoms with van der Waals surface area (Å²) in [5.74, 6) is -7.91. The number of carboxylic acid groups (broad SMARTS) is 5. The predicted molar refractivity (Wildman–Crippen MR) is 271 cm³/mol. The van der Waals surface area contributed by atoms with Gasteiger partial charge in [0, 0.05) is 45.2 Å². The van der Waals surface area contributed by atoms with Crippen molar-refractivity contribution >= 4 is 29.8 Å². The Bertz CT molecular complexity index is 1840. The lowest BCUT2D eigenvalue weighted by Crippen LogP contribution is -2.64. The van der Waals surface area contributed by atoms with Crippen LogP contribution in [-0.2, 0) is 24.0 Å². The van der Waals surface area contributed by atoms with Gasteiger partial charge in [-0.3, -0.25) is 38.7 Å². The van der Waals surface area contributed by atoms with Gasteiger partial charge in [-0.15, -0.1) is 0 Å². The number of rotatable bonds is 14. The Morgan fingerprint density at radius 3 is 1.06 bits per heavy atom. The summed E-state index contributed by atoms with van der Waals surface area (Å²) in [7, 11) is 0. The molecule has 6 rings (SSSR count). The smallest absolute Gasteiger partial charge is 0.323 e. The summed E-state index contributed by atoms with van der Waals surface area (Å²) >= 11 is 0. The molecule has 0 bridgehead atoms. The number of piperidine rings is 3. The Balaban J connectivity index is 0.000000495. The van der Waals surface area contributed by atoms with Crippen molar-refractivity contribution < 1.29 is 157 Å². The highest BCUT2D eigenvalue weighted by molar-refractivity contribution is 5.75. The number of aliphatic carboxylic acids is 5. The van der Waals surface area contributed by atoms with Crippen molar-refractivity contribution in [2.45, 2.75) is 193 Å². The molecule has 0 aromatic heterocycles. The standard InChI is InChI=1S/C10H19NO5.C9H17NO6.C8H15NO6.2C7H12O5.C7H14O4/c1-2-3-4-11-5-6(12)8(13)9(14)7(11)10(15)16;11-4-5-8(15)9(16)6(12)3-10(5)2-1-7(13)14;10-2-1-9-3-4(11)6(12)7(13)5(9)8(14)15;2*8-4-2-1-3(7(11)12)5(9)6(4)10;8-3-4-1-2-5(9)7(11)6(4)10/h6-9,12-14H,2-5H2,1H3,(H,15,16);5-6,8-9,11-12,15-16H,1-4H2,(H,13,14);4-7,10-13H,1-3H2,(H,14,15);2*3-6,8-10H,1-2H2,(H,11,12);4-11H,1-3H2/t6?,7?,8-,9-;5?,6?,8-,9-;4?,5?,6-,7-;2*3?,4?,5-,6-;4?,5?,6-,7-/m111111/s1. The molecular weight excluding hydrogens is 1110 g/mol. The van der Waals surface area contributed by atoms with Crippen LogP contribution in [0.3, 0.4) is 0 Å². The summed E-state index contributed by atoms with van der Waals surface area (Å²) in [6, 6.07) is -3.17. The van der Waals surface area contributed by atoms with Gasteiger partial charge in [0.15, 0.2) is 0 Å². The van der Waals surface area contributed by atoms with E-state index in [9.17, 15) is 85.3 Å². The molecule has 82 heavy (non-hydrogen) atoms. The monoisotopic (exact) mass is 1200 g/mol. The molecule has 34 nitrogen and oxygen atoms in total. The van der Waals surface area contributed by atoms with Crippen LogP contribution in [0.2, 0.25) is 0 Å². The van der Waals surface area contributed by atoms with Crippen molar-refractivity contribution in [3.05, 3.63) is 0 Å². The van der Waals surface area contributed by atoms with Crippen LogP contribution in [0.4, 0.5) is 0 Å². The number of aliphatic hydroxyl groups is 21. The Labute approximate surface area is 470 Å². The maximum atomic E-state index is 11.0.